The second-order valence-corrected chi connectivity index (χ2v) is 6.88. The molecular weight excluding hydrogens is 304 g/mol. The van der Waals surface area contributed by atoms with E-state index in [0.29, 0.717) is 12.6 Å². The summed E-state index contributed by atoms with van der Waals surface area (Å²) < 4.78 is 5.56. The van der Waals surface area contributed by atoms with Crippen LogP contribution in [0.3, 0.4) is 0 Å². The van der Waals surface area contributed by atoms with Gasteiger partial charge in [-0.15, -0.1) is 0 Å². The first-order valence-electron chi connectivity index (χ1n) is 9.04. The lowest BCUT2D eigenvalue weighted by molar-refractivity contribution is -0.138. The van der Waals surface area contributed by atoms with Crippen molar-refractivity contribution < 1.29 is 14.6 Å². The predicted molar refractivity (Wildman–Crippen MR) is 92.5 cm³/mol. The third-order valence-electron chi connectivity index (χ3n) is 5.10. The number of carbonyl (C=O) groups is 1. The summed E-state index contributed by atoms with van der Waals surface area (Å²) in [6, 6.07) is 10.4. The Kier molecular flexibility index (Phi) is 6.24. The van der Waals surface area contributed by atoms with E-state index in [-0.39, 0.29) is 18.6 Å². The SMILES string of the molecule is O=C(COCc1ccccc1)N1CCC(N2CCC[C@H](O)C2)CC1. The highest BCUT2D eigenvalue weighted by Gasteiger charge is 2.29. The quantitative estimate of drug-likeness (QED) is 0.891. The first-order chi connectivity index (χ1) is 11.7. The van der Waals surface area contributed by atoms with Crippen molar-refractivity contribution in [1.82, 2.24) is 9.80 Å². The Morgan fingerprint density at radius 3 is 2.58 bits per heavy atom. The number of benzene rings is 1. The Morgan fingerprint density at radius 2 is 1.88 bits per heavy atom. The van der Waals surface area contributed by atoms with Gasteiger partial charge in [0.05, 0.1) is 12.7 Å². The van der Waals surface area contributed by atoms with Gasteiger partial charge in [0.25, 0.3) is 0 Å². The van der Waals surface area contributed by atoms with Gasteiger partial charge >= 0.3 is 0 Å². The largest absolute Gasteiger partial charge is 0.392 e. The Balaban J connectivity index is 1.37. The lowest BCUT2D eigenvalue weighted by atomic mass is 9.99. The number of amides is 1. The summed E-state index contributed by atoms with van der Waals surface area (Å²) in [6.07, 6.45) is 3.82. The third-order valence-corrected chi connectivity index (χ3v) is 5.10. The van der Waals surface area contributed by atoms with Crippen molar-refractivity contribution >= 4 is 5.91 Å². The van der Waals surface area contributed by atoms with E-state index in [1.54, 1.807) is 0 Å². The standard InChI is InChI=1S/C19H28N2O3/c22-18-7-4-10-21(13-18)17-8-11-20(12-9-17)19(23)15-24-14-16-5-2-1-3-6-16/h1-3,5-6,17-18,22H,4,7-15H2/t18-/m0/s1. The van der Waals surface area contributed by atoms with E-state index in [1.165, 1.54) is 0 Å². The number of carbonyl (C=O) groups excluding carboxylic acids is 1. The van der Waals surface area contributed by atoms with Crippen LogP contribution >= 0.6 is 0 Å². The number of ether oxygens (including phenoxy) is 1. The van der Waals surface area contributed by atoms with Crippen LogP contribution in [0.15, 0.2) is 30.3 Å². The summed E-state index contributed by atoms with van der Waals surface area (Å²) in [5, 5.41) is 9.82. The number of piperidine rings is 2. The van der Waals surface area contributed by atoms with Gasteiger partial charge in [-0.3, -0.25) is 9.69 Å². The van der Waals surface area contributed by atoms with Crippen molar-refractivity contribution in [2.75, 3.05) is 32.8 Å². The lowest BCUT2D eigenvalue weighted by Crippen LogP contribution is -2.51. The molecule has 0 spiro atoms. The van der Waals surface area contributed by atoms with E-state index in [0.717, 1.165) is 57.4 Å². The Hall–Kier alpha value is -1.43. The molecule has 5 heteroatoms. The molecule has 0 bridgehead atoms. The average Bonchev–Trinajstić information content (AvgIpc) is 2.63. The first kappa shape index (κ1) is 17.4. The van der Waals surface area contributed by atoms with Gasteiger partial charge in [0, 0.05) is 25.7 Å². The number of hydrogen-bond acceptors (Lipinski definition) is 4. The van der Waals surface area contributed by atoms with Gasteiger partial charge in [-0.25, -0.2) is 0 Å². The van der Waals surface area contributed by atoms with Gasteiger partial charge in [0.2, 0.25) is 5.91 Å². The molecule has 2 saturated heterocycles. The van der Waals surface area contributed by atoms with Crippen molar-refractivity contribution in [2.24, 2.45) is 0 Å². The summed E-state index contributed by atoms with van der Waals surface area (Å²) in [5.41, 5.74) is 1.09. The monoisotopic (exact) mass is 332 g/mol. The van der Waals surface area contributed by atoms with Gasteiger partial charge in [0.1, 0.15) is 6.61 Å². The van der Waals surface area contributed by atoms with Gasteiger partial charge in [0.15, 0.2) is 0 Å². The summed E-state index contributed by atoms with van der Waals surface area (Å²) >= 11 is 0. The molecule has 24 heavy (non-hydrogen) atoms. The number of β-amino-alcohol motifs (C(OH)–C–C–N with tert-alkyl or cyclic N) is 1. The summed E-state index contributed by atoms with van der Waals surface area (Å²) in [5.74, 6) is 0.0862. The van der Waals surface area contributed by atoms with Crippen LogP contribution in [0.2, 0.25) is 0 Å². The van der Waals surface area contributed by atoms with Crippen LogP contribution in [-0.4, -0.2) is 65.7 Å². The van der Waals surface area contributed by atoms with Crippen LogP contribution in [0.25, 0.3) is 0 Å². The van der Waals surface area contributed by atoms with Crippen molar-refractivity contribution in [1.29, 1.82) is 0 Å². The molecule has 0 saturated carbocycles. The van der Waals surface area contributed by atoms with Crippen LogP contribution < -0.4 is 0 Å². The molecule has 5 nitrogen and oxygen atoms in total. The second kappa shape index (κ2) is 8.60. The lowest BCUT2D eigenvalue weighted by Gasteiger charge is -2.41. The number of rotatable bonds is 5. The molecule has 3 rings (SSSR count). The maximum absolute atomic E-state index is 12.3. The van der Waals surface area contributed by atoms with E-state index in [1.807, 2.05) is 35.2 Å². The van der Waals surface area contributed by atoms with E-state index >= 15 is 0 Å². The topological polar surface area (TPSA) is 53.0 Å². The van der Waals surface area contributed by atoms with Gasteiger partial charge in [-0.05, 0) is 37.8 Å². The molecule has 1 atom stereocenters. The molecule has 0 aliphatic carbocycles. The zero-order chi connectivity index (χ0) is 16.8. The number of likely N-dealkylation sites (tertiary alicyclic amines) is 2. The zero-order valence-electron chi connectivity index (χ0n) is 14.3. The van der Waals surface area contributed by atoms with E-state index in [9.17, 15) is 9.90 Å². The zero-order valence-corrected chi connectivity index (χ0v) is 14.3. The molecule has 2 fully saturated rings. The number of aliphatic hydroxyl groups is 1. The Bertz CT molecular complexity index is 515. The minimum Gasteiger partial charge on any atom is -0.392 e. The molecule has 132 valence electrons. The second-order valence-electron chi connectivity index (χ2n) is 6.88. The maximum atomic E-state index is 12.3. The maximum Gasteiger partial charge on any atom is 0.248 e. The molecule has 2 heterocycles. The first-order valence-corrected chi connectivity index (χ1v) is 9.04. The molecule has 0 radical (unpaired) electrons. The minimum atomic E-state index is -0.176. The predicted octanol–water partition coefficient (Wildman–Crippen LogP) is 1.65. The molecule has 2 aliphatic heterocycles. The fourth-order valence-electron chi connectivity index (χ4n) is 3.72. The number of hydrogen-bond donors (Lipinski definition) is 1. The Labute approximate surface area is 144 Å². The van der Waals surface area contributed by atoms with Crippen LogP contribution in [0, 0.1) is 0 Å². The van der Waals surface area contributed by atoms with E-state index in [2.05, 4.69) is 4.90 Å². The molecule has 1 aromatic rings. The minimum absolute atomic E-state index is 0.0862. The molecule has 0 unspecified atom stereocenters. The highest BCUT2D eigenvalue weighted by molar-refractivity contribution is 5.77. The molecule has 0 aromatic heterocycles. The smallest absolute Gasteiger partial charge is 0.248 e. The van der Waals surface area contributed by atoms with Gasteiger partial charge in [-0.2, -0.15) is 0 Å². The summed E-state index contributed by atoms with van der Waals surface area (Å²) in [6.45, 7) is 4.10. The van der Waals surface area contributed by atoms with Gasteiger partial charge in [-0.1, -0.05) is 30.3 Å². The third kappa shape index (κ3) is 4.79. The van der Waals surface area contributed by atoms with Crippen LogP contribution in [0.1, 0.15) is 31.2 Å². The molecule has 1 amide bonds. The van der Waals surface area contributed by atoms with Crippen molar-refractivity contribution in [3.05, 3.63) is 35.9 Å². The van der Waals surface area contributed by atoms with Crippen molar-refractivity contribution in [3.8, 4) is 0 Å². The summed E-state index contributed by atoms with van der Waals surface area (Å²) in [7, 11) is 0. The van der Waals surface area contributed by atoms with Crippen LogP contribution in [0.5, 0.6) is 0 Å². The van der Waals surface area contributed by atoms with Crippen molar-refractivity contribution in [3.63, 3.8) is 0 Å². The number of nitrogens with zero attached hydrogens (tertiary/aromatic N) is 2. The fourth-order valence-corrected chi connectivity index (χ4v) is 3.72. The van der Waals surface area contributed by atoms with Crippen LogP contribution in [-0.2, 0) is 16.1 Å². The average molecular weight is 332 g/mol. The molecule has 1 aromatic carbocycles. The normalized spacial score (nSPS) is 23.4. The van der Waals surface area contributed by atoms with Crippen molar-refractivity contribution in [2.45, 2.75) is 44.4 Å². The van der Waals surface area contributed by atoms with E-state index in [4.69, 9.17) is 4.74 Å². The number of aliphatic hydroxyl groups excluding tert-OH is 1. The van der Waals surface area contributed by atoms with Crippen LogP contribution in [0.4, 0.5) is 0 Å². The highest BCUT2D eigenvalue weighted by Crippen LogP contribution is 2.21. The molecule has 2 aliphatic rings. The van der Waals surface area contributed by atoms with Gasteiger partial charge < -0.3 is 14.7 Å². The van der Waals surface area contributed by atoms with E-state index < -0.39 is 0 Å². The fraction of sp³-hybridized carbons (Fsp3) is 0.632. The molecular formula is C19H28N2O3. The summed E-state index contributed by atoms with van der Waals surface area (Å²) in [4.78, 5) is 16.6. The Morgan fingerprint density at radius 1 is 1.12 bits per heavy atom. The molecule has 1 N–H and O–H groups in total. The highest BCUT2D eigenvalue weighted by atomic mass is 16.5.